The number of ether oxygens (including phenoxy) is 3. The number of allylic oxidation sites excluding steroid dienone is 1. The van der Waals surface area contributed by atoms with Crippen LogP contribution in [0.5, 0.6) is 11.5 Å². The van der Waals surface area contributed by atoms with E-state index in [1.807, 2.05) is 56.3 Å². The highest BCUT2D eigenvalue weighted by Gasteiger charge is 2.30. The molecule has 3 aromatic carbocycles. The van der Waals surface area contributed by atoms with Gasteiger partial charge in [-0.1, -0.05) is 29.8 Å². The molecular weight excluding hydrogens is 422 g/mol. The maximum absolute atomic E-state index is 14.1. The molecule has 0 amide bonds. The van der Waals surface area contributed by atoms with Crippen molar-refractivity contribution in [1.82, 2.24) is 0 Å². The molecule has 0 spiro atoms. The molecule has 3 nitrogen and oxygen atoms in total. The Hall–Kier alpha value is -3.18. The third kappa shape index (κ3) is 4.51. The quantitative estimate of drug-likeness (QED) is 0.421. The normalized spacial score (nSPS) is 20.2. The van der Waals surface area contributed by atoms with Gasteiger partial charge in [-0.2, -0.15) is 0 Å². The molecule has 1 fully saturated rings. The van der Waals surface area contributed by atoms with E-state index in [9.17, 15) is 8.78 Å². The van der Waals surface area contributed by atoms with Gasteiger partial charge in [0.05, 0.1) is 6.61 Å². The number of aryl methyl sites for hydroxylation is 1. The van der Waals surface area contributed by atoms with Crippen molar-refractivity contribution in [3.63, 3.8) is 0 Å². The minimum atomic E-state index is -0.616. The molecule has 2 unspecified atom stereocenters. The molecule has 0 aliphatic carbocycles. The fourth-order valence-electron chi connectivity index (χ4n) is 4.52. The molecular formula is C28H26F2O3. The number of rotatable bonds is 4. The summed E-state index contributed by atoms with van der Waals surface area (Å²) in [5.74, 6) is 0.119. The van der Waals surface area contributed by atoms with Crippen LogP contribution in [0.4, 0.5) is 8.78 Å². The second-order valence-corrected chi connectivity index (χ2v) is 8.68. The Bertz CT molecular complexity index is 1170. The van der Waals surface area contributed by atoms with E-state index in [-0.39, 0.29) is 6.29 Å². The van der Waals surface area contributed by atoms with Crippen LogP contribution < -0.4 is 9.47 Å². The molecule has 3 aromatic rings. The van der Waals surface area contributed by atoms with Crippen molar-refractivity contribution in [2.24, 2.45) is 0 Å². The first kappa shape index (κ1) is 21.7. The second-order valence-electron chi connectivity index (χ2n) is 8.68. The van der Waals surface area contributed by atoms with Gasteiger partial charge in [0.2, 0.25) is 0 Å². The molecule has 5 rings (SSSR count). The maximum atomic E-state index is 14.1. The summed E-state index contributed by atoms with van der Waals surface area (Å²) >= 11 is 0. The summed E-state index contributed by atoms with van der Waals surface area (Å²) in [4.78, 5) is 0. The van der Waals surface area contributed by atoms with E-state index in [0.717, 1.165) is 53.2 Å². The average Bonchev–Trinajstić information content (AvgIpc) is 2.79. The Kier molecular flexibility index (Phi) is 5.90. The minimum Gasteiger partial charge on any atom is -0.480 e. The molecule has 0 saturated carbocycles. The largest absolute Gasteiger partial charge is 0.480 e. The highest BCUT2D eigenvalue weighted by atomic mass is 19.1. The number of benzene rings is 3. The average molecular weight is 449 g/mol. The predicted octanol–water partition coefficient (Wildman–Crippen LogP) is 7.24. The lowest BCUT2D eigenvalue weighted by atomic mass is 9.86. The van der Waals surface area contributed by atoms with Gasteiger partial charge in [-0.3, -0.25) is 0 Å². The first-order valence-electron chi connectivity index (χ1n) is 11.3. The molecule has 0 aromatic heterocycles. The lowest BCUT2D eigenvalue weighted by Gasteiger charge is -2.32. The van der Waals surface area contributed by atoms with Crippen molar-refractivity contribution in [2.45, 2.75) is 45.5 Å². The first-order chi connectivity index (χ1) is 16.0. The van der Waals surface area contributed by atoms with Gasteiger partial charge in [-0.15, -0.1) is 0 Å². The number of hydrogen-bond acceptors (Lipinski definition) is 3. The monoisotopic (exact) mass is 448 g/mol. The molecule has 0 N–H and O–H groups in total. The lowest BCUT2D eigenvalue weighted by molar-refractivity contribution is -0.105. The summed E-state index contributed by atoms with van der Waals surface area (Å²) in [6, 6.07) is 17.3. The van der Waals surface area contributed by atoms with Crippen LogP contribution in [0.2, 0.25) is 0 Å². The Balaban J connectivity index is 1.59. The van der Waals surface area contributed by atoms with Gasteiger partial charge in [0.25, 0.3) is 0 Å². The Morgan fingerprint density at radius 3 is 2.33 bits per heavy atom. The zero-order valence-electron chi connectivity index (χ0n) is 18.7. The van der Waals surface area contributed by atoms with Crippen molar-refractivity contribution in [3.05, 3.63) is 94.6 Å². The van der Waals surface area contributed by atoms with E-state index in [4.69, 9.17) is 14.2 Å². The summed E-state index contributed by atoms with van der Waals surface area (Å²) < 4.78 is 46.5. The van der Waals surface area contributed by atoms with Crippen molar-refractivity contribution in [1.29, 1.82) is 0 Å². The molecule has 2 aliphatic heterocycles. The van der Waals surface area contributed by atoms with E-state index in [1.54, 1.807) is 0 Å². The summed E-state index contributed by atoms with van der Waals surface area (Å²) in [7, 11) is 0. The van der Waals surface area contributed by atoms with Crippen molar-refractivity contribution in [3.8, 4) is 11.5 Å². The van der Waals surface area contributed by atoms with Crippen molar-refractivity contribution < 1.29 is 23.0 Å². The smallest absolute Gasteiger partial charge is 0.199 e. The Morgan fingerprint density at radius 1 is 0.879 bits per heavy atom. The highest BCUT2D eigenvalue weighted by molar-refractivity contribution is 5.95. The topological polar surface area (TPSA) is 27.7 Å². The SMILES string of the molecule is CC1=C(c2cc(F)cc(F)c2)C(c2ccc(C)cc2)Oc2cc(OC3CCCCO3)ccc21. The highest BCUT2D eigenvalue weighted by Crippen LogP contribution is 2.47. The third-order valence-corrected chi connectivity index (χ3v) is 6.23. The summed E-state index contributed by atoms with van der Waals surface area (Å²) in [5.41, 5.74) is 5.03. The molecule has 170 valence electrons. The fraction of sp³-hybridized carbons (Fsp3) is 0.286. The van der Waals surface area contributed by atoms with Gasteiger partial charge in [-0.05, 0) is 67.7 Å². The Labute approximate surface area is 192 Å². The zero-order valence-corrected chi connectivity index (χ0v) is 18.7. The van der Waals surface area contributed by atoms with Crippen molar-refractivity contribution in [2.75, 3.05) is 6.61 Å². The molecule has 0 bridgehead atoms. The summed E-state index contributed by atoms with van der Waals surface area (Å²) in [5, 5.41) is 0. The summed E-state index contributed by atoms with van der Waals surface area (Å²) in [6.45, 7) is 4.68. The van der Waals surface area contributed by atoms with Gasteiger partial charge in [0.1, 0.15) is 29.2 Å². The van der Waals surface area contributed by atoms with Gasteiger partial charge < -0.3 is 14.2 Å². The molecule has 33 heavy (non-hydrogen) atoms. The van der Waals surface area contributed by atoms with Gasteiger partial charge in [0.15, 0.2) is 6.29 Å². The molecule has 5 heteroatoms. The predicted molar refractivity (Wildman–Crippen MR) is 124 cm³/mol. The van der Waals surface area contributed by atoms with E-state index >= 15 is 0 Å². The number of hydrogen-bond donors (Lipinski definition) is 0. The first-order valence-corrected chi connectivity index (χ1v) is 11.3. The van der Waals surface area contributed by atoms with Crippen LogP contribution >= 0.6 is 0 Å². The molecule has 2 aliphatic rings. The van der Waals surface area contributed by atoms with Crippen LogP contribution in [0.1, 0.15) is 54.5 Å². The third-order valence-electron chi connectivity index (χ3n) is 6.23. The standard InChI is InChI=1S/C28H26F2O3/c1-17-6-8-19(9-7-17)28-27(20-13-21(29)15-22(30)14-20)18(2)24-11-10-23(16-25(24)33-28)32-26-5-3-4-12-31-26/h6-11,13-16,26,28H,3-5,12H2,1-2H3. The van der Waals surface area contributed by atoms with Crippen molar-refractivity contribution >= 4 is 11.1 Å². The van der Waals surface area contributed by atoms with Crippen LogP contribution in [0.15, 0.2) is 60.7 Å². The Morgan fingerprint density at radius 2 is 1.64 bits per heavy atom. The fourth-order valence-corrected chi connectivity index (χ4v) is 4.52. The summed E-state index contributed by atoms with van der Waals surface area (Å²) in [6.07, 6.45) is 2.23. The van der Waals surface area contributed by atoms with E-state index < -0.39 is 17.7 Å². The minimum absolute atomic E-state index is 0.254. The van der Waals surface area contributed by atoms with Gasteiger partial charge >= 0.3 is 0 Å². The number of fused-ring (bicyclic) bond motifs is 1. The van der Waals surface area contributed by atoms with Gasteiger partial charge in [0, 0.05) is 29.7 Å². The van der Waals surface area contributed by atoms with E-state index in [1.165, 1.54) is 12.1 Å². The number of halogens is 2. The van der Waals surface area contributed by atoms with Crippen LogP contribution in [-0.4, -0.2) is 12.9 Å². The van der Waals surface area contributed by atoms with Crippen LogP contribution in [0.25, 0.3) is 11.1 Å². The van der Waals surface area contributed by atoms with E-state index in [2.05, 4.69) is 0 Å². The van der Waals surface area contributed by atoms with Gasteiger partial charge in [-0.25, -0.2) is 8.78 Å². The molecule has 0 radical (unpaired) electrons. The molecule has 2 heterocycles. The molecule has 1 saturated heterocycles. The van der Waals surface area contributed by atoms with Crippen LogP contribution in [-0.2, 0) is 4.74 Å². The lowest BCUT2D eigenvalue weighted by Crippen LogP contribution is -2.25. The zero-order chi connectivity index (χ0) is 22.9. The molecule has 2 atom stereocenters. The maximum Gasteiger partial charge on any atom is 0.199 e. The van der Waals surface area contributed by atoms with E-state index in [0.29, 0.717) is 23.7 Å². The van der Waals surface area contributed by atoms with Crippen LogP contribution in [0.3, 0.4) is 0 Å². The second kappa shape index (κ2) is 8.99. The van der Waals surface area contributed by atoms with Crippen LogP contribution in [0, 0.1) is 18.6 Å².